The molecule has 108 valence electrons. The lowest BCUT2D eigenvalue weighted by Crippen LogP contribution is -2.17. The average molecular weight is 352 g/mol. The molecule has 0 atom stereocenters. The van der Waals surface area contributed by atoms with Gasteiger partial charge in [0.15, 0.2) is 0 Å². The number of rotatable bonds is 4. The Morgan fingerprint density at radius 3 is 2.67 bits per heavy atom. The summed E-state index contributed by atoms with van der Waals surface area (Å²) in [6, 6.07) is 7.50. The number of pyridine rings is 1. The summed E-state index contributed by atoms with van der Waals surface area (Å²) in [5.41, 5.74) is 1.75. The topological polar surface area (TPSA) is 123 Å². The summed E-state index contributed by atoms with van der Waals surface area (Å²) in [5.74, 6) is 4.86. The molecule has 0 aliphatic heterocycles. The minimum atomic E-state index is -0.668. The van der Waals surface area contributed by atoms with Crippen molar-refractivity contribution in [1.29, 1.82) is 0 Å². The SMILES string of the molecule is NNc1cccc(C(=O)Nc2ccc(Br)cn2)c1[N+](=O)[O-]. The van der Waals surface area contributed by atoms with Crippen molar-refractivity contribution in [3.63, 3.8) is 0 Å². The fourth-order valence-electron chi connectivity index (χ4n) is 1.67. The Morgan fingerprint density at radius 2 is 2.10 bits per heavy atom. The summed E-state index contributed by atoms with van der Waals surface area (Å²) in [5, 5.41) is 13.6. The van der Waals surface area contributed by atoms with E-state index in [4.69, 9.17) is 5.84 Å². The van der Waals surface area contributed by atoms with E-state index in [1.807, 2.05) is 0 Å². The largest absolute Gasteiger partial charge is 0.318 e. The number of hydrogen-bond acceptors (Lipinski definition) is 6. The lowest BCUT2D eigenvalue weighted by molar-refractivity contribution is -0.384. The molecular formula is C12H10BrN5O3. The number of nitro groups is 1. The molecule has 4 N–H and O–H groups in total. The Labute approximate surface area is 127 Å². The van der Waals surface area contributed by atoms with Crippen LogP contribution in [-0.4, -0.2) is 15.8 Å². The van der Waals surface area contributed by atoms with Crippen LogP contribution in [0.4, 0.5) is 17.2 Å². The number of nitrogens with zero attached hydrogens (tertiary/aromatic N) is 2. The minimum Gasteiger partial charge on any atom is -0.318 e. The smallest absolute Gasteiger partial charge is 0.306 e. The number of nitrogen functional groups attached to an aromatic ring is 1. The van der Waals surface area contributed by atoms with Crippen LogP contribution in [0.3, 0.4) is 0 Å². The number of halogens is 1. The minimum absolute atomic E-state index is 0.0522. The molecular weight excluding hydrogens is 342 g/mol. The Morgan fingerprint density at radius 1 is 1.33 bits per heavy atom. The van der Waals surface area contributed by atoms with E-state index in [0.717, 1.165) is 4.47 Å². The number of amides is 1. The first-order chi connectivity index (χ1) is 10.0. The van der Waals surface area contributed by atoms with E-state index in [1.165, 1.54) is 24.4 Å². The Kier molecular flexibility index (Phi) is 4.45. The van der Waals surface area contributed by atoms with Crippen LogP contribution in [0.1, 0.15) is 10.4 Å². The quantitative estimate of drug-likeness (QED) is 0.441. The monoisotopic (exact) mass is 351 g/mol. The van der Waals surface area contributed by atoms with Crippen LogP contribution < -0.4 is 16.6 Å². The molecule has 9 heteroatoms. The molecule has 2 aromatic rings. The normalized spacial score (nSPS) is 10.0. The Bertz CT molecular complexity index is 690. The number of para-hydroxylation sites is 1. The summed E-state index contributed by atoms with van der Waals surface area (Å²) in [7, 11) is 0. The molecule has 0 aliphatic rings. The van der Waals surface area contributed by atoms with Gasteiger partial charge >= 0.3 is 5.69 Å². The molecule has 2 rings (SSSR count). The van der Waals surface area contributed by atoms with Gasteiger partial charge in [0.1, 0.15) is 17.1 Å². The van der Waals surface area contributed by atoms with Gasteiger partial charge in [0.25, 0.3) is 5.91 Å². The molecule has 8 nitrogen and oxygen atoms in total. The highest BCUT2D eigenvalue weighted by atomic mass is 79.9. The highest BCUT2D eigenvalue weighted by Crippen LogP contribution is 2.28. The highest BCUT2D eigenvalue weighted by Gasteiger charge is 2.24. The Balaban J connectivity index is 2.35. The zero-order valence-corrected chi connectivity index (χ0v) is 12.1. The zero-order valence-electron chi connectivity index (χ0n) is 10.5. The molecule has 1 aromatic heterocycles. The van der Waals surface area contributed by atoms with Crippen LogP contribution in [-0.2, 0) is 0 Å². The van der Waals surface area contributed by atoms with Gasteiger partial charge in [0.2, 0.25) is 0 Å². The summed E-state index contributed by atoms with van der Waals surface area (Å²) in [6.07, 6.45) is 1.50. The second-order valence-electron chi connectivity index (χ2n) is 3.92. The van der Waals surface area contributed by atoms with Crippen LogP contribution in [0.2, 0.25) is 0 Å². The molecule has 0 saturated heterocycles. The maximum Gasteiger partial charge on any atom is 0.306 e. The first-order valence-corrected chi connectivity index (χ1v) is 6.49. The first-order valence-electron chi connectivity index (χ1n) is 5.70. The van der Waals surface area contributed by atoms with E-state index in [0.29, 0.717) is 0 Å². The van der Waals surface area contributed by atoms with Crippen molar-refractivity contribution in [1.82, 2.24) is 4.98 Å². The van der Waals surface area contributed by atoms with Crippen LogP contribution in [0.25, 0.3) is 0 Å². The van der Waals surface area contributed by atoms with Crippen LogP contribution in [0, 0.1) is 10.1 Å². The molecule has 1 amide bonds. The van der Waals surface area contributed by atoms with Crippen LogP contribution in [0.5, 0.6) is 0 Å². The molecule has 1 heterocycles. The van der Waals surface area contributed by atoms with Gasteiger partial charge in [-0.1, -0.05) is 6.07 Å². The number of nitro benzene ring substituents is 1. The number of hydrogen-bond donors (Lipinski definition) is 3. The van der Waals surface area contributed by atoms with Crippen molar-refractivity contribution in [3.8, 4) is 0 Å². The van der Waals surface area contributed by atoms with E-state index in [1.54, 1.807) is 12.1 Å². The fourth-order valence-corrected chi connectivity index (χ4v) is 1.91. The fraction of sp³-hybridized carbons (Fsp3) is 0. The third-order valence-corrected chi connectivity index (χ3v) is 3.06. The van der Waals surface area contributed by atoms with Gasteiger partial charge in [-0.15, -0.1) is 0 Å². The number of carbonyl (C=O) groups excluding carboxylic acids is 1. The average Bonchev–Trinajstić information content (AvgIpc) is 2.48. The molecule has 0 radical (unpaired) electrons. The van der Waals surface area contributed by atoms with Crippen molar-refractivity contribution in [2.75, 3.05) is 10.7 Å². The number of carbonyl (C=O) groups is 1. The second-order valence-corrected chi connectivity index (χ2v) is 4.83. The standard InChI is InChI=1S/C12H10BrN5O3/c13-7-4-5-10(15-6-7)16-12(19)8-2-1-3-9(17-14)11(8)18(20)21/h1-6,17H,14H2,(H,15,16,19). The van der Waals surface area contributed by atoms with E-state index in [2.05, 4.69) is 31.7 Å². The lowest BCUT2D eigenvalue weighted by Gasteiger charge is -2.08. The first kappa shape index (κ1) is 14.9. The maximum absolute atomic E-state index is 12.2. The maximum atomic E-state index is 12.2. The Hall–Kier alpha value is -2.52. The summed E-state index contributed by atoms with van der Waals surface area (Å²) in [6.45, 7) is 0. The summed E-state index contributed by atoms with van der Waals surface area (Å²) in [4.78, 5) is 26.6. The van der Waals surface area contributed by atoms with Crippen molar-refractivity contribution < 1.29 is 9.72 Å². The molecule has 0 spiro atoms. The van der Waals surface area contributed by atoms with Crippen molar-refractivity contribution in [2.45, 2.75) is 0 Å². The molecule has 21 heavy (non-hydrogen) atoms. The predicted molar refractivity (Wildman–Crippen MR) is 80.8 cm³/mol. The van der Waals surface area contributed by atoms with Gasteiger partial charge in [-0.2, -0.15) is 0 Å². The summed E-state index contributed by atoms with van der Waals surface area (Å²) >= 11 is 3.22. The third-order valence-electron chi connectivity index (χ3n) is 2.59. The van der Waals surface area contributed by atoms with Gasteiger partial charge in [-0.25, -0.2) is 4.98 Å². The molecule has 1 aromatic carbocycles. The molecule has 0 unspecified atom stereocenters. The van der Waals surface area contributed by atoms with E-state index < -0.39 is 16.5 Å². The van der Waals surface area contributed by atoms with E-state index in [-0.39, 0.29) is 17.1 Å². The number of nitrogens with two attached hydrogens (primary N) is 1. The van der Waals surface area contributed by atoms with Crippen molar-refractivity contribution in [3.05, 3.63) is 56.7 Å². The van der Waals surface area contributed by atoms with Crippen LogP contribution >= 0.6 is 15.9 Å². The van der Waals surface area contributed by atoms with Crippen LogP contribution in [0.15, 0.2) is 41.0 Å². The summed E-state index contributed by atoms with van der Waals surface area (Å²) < 4.78 is 0.751. The number of aromatic nitrogens is 1. The second kappa shape index (κ2) is 6.29. The van der Waals surface area contributed by atoms with Gasteiger partial charge in [0.05, 0.1) is 4.92 Å². The van der Waals surface area contributed by atoms with Crippen molar-refractivity contribution in [2.24, 2.45) is 5.84 Å². The molecule has 0 aliphatic carbocycles. The van der Waals surface area contributed by atoms with Gasteiger partial charge in [-0.05, 0) is 40.2 Å². The molecule has 0 bridgehead atoms. The number of anilines is 2. The number of benzene rings is 1. The van der Waals surface area contributed by atoms with E-state index >= 15 is 0 Å². The number of nitrogens with one attached hydrogen (secondary N) is 2. The molecule has 0 fully saturated rings. The van der Waals surface area contributed by atoms with Gasteiger partial charge < -0.3 is 10.7 Å². The van der Waals surface area contributed by atoms with Gasteiger partial charge in [0, 0.05) is 10.7 Å². The third kappa shape index (κ3) is 3.33. The molecule has 0 saturated carbocycles. The lowest BCUT2D eigenvalue weighted by atomic mass is 10.1. The van der Waals surface area contributed by atoms with Crippen molar-refractivity contribution >= 4 is 39.0 Å². The predicted octanol–water partition coefficient (Wildman–Crippen LogP) is 2.29. The zero-order chi connectivity index (χ0) is 15.4. The number of hydrazine groups is 1. The highest BCUT2D eigenvalue weighted by molar-refractivity contribution is 9.10. The van der Waals surface area contributed by atoms with E-state index in [9.17, 15) is 14.9 Å². The van der Waals surface area contributed by atoms with Gasteiger partial charge in [-0.3, -0.25) is 20.8 Å².